The van der Waals surface area contributed by atoms with Crippen LogP contribution in [0.1, 0.15) is 49.3 Å². The van der Waals surface area contributed by atoms with Gasteiger partial charge in [-0.15, -0.1) is 0 Å². The second-order valence-electron chi connectivity index (χ2n) is 9.09. The summed E-state index contributed by atoms with van der Waals surface area (Å²) in [5, 5.41) is 9.22. The molecule has 0 radical (unpaired) electrons. The van der Waals surface area contributed by atoms with Gasteiger partial charge in [0.15, 0.2) is 5.66 Å². The van der Waals surface area contributed by atoms with E-state index in [4.69, 9.17) is 20.5 Å². The maximum absolute atomic E-state index is 15.3. The third kappa shape index (κ3) is 2.90. The Morgan fingerprint density at radius 2 is 1.88 bits per heavy atom. The van der Waals surface area contributed by atoms with Crippen LogP contribution in [0, 0.1) is 28.4 Å². The summed E-state index contributed by atoms with van der Waals surface area (Å²) in [5.74, 6) is -0.638. The van der Waals surface area contributed by atoms with Crippen LogP contribution >= 0.6 is 0 Å². The molecule has 5 nitrogen and oxygen atoms in total. The van der Waals surface area contributed by atoms with Gasteiger partial charge in [-0.2, -0.15) is 5.26 Å². The first kappa shape index (κ1) is 20.8. The number of ether oxygens (including phenoxy) is 1. The quantitative estimate of drug-likeness (QED) is 0.749. The molecule has 2 N–H and O–H groups in total. The van der Waals surface area contributed by atoms with Crippen LogP contribution in [0.5, 0.6) is 0 Å². The van der Waals surface area contributed by atoms with Gasteiger partial charge in [-0.1, -0.05) is 0 Å². The van der Waals surface area contributed by atoms with Crippen LogP contribution in [0.15, 0.2) is 40.3 Å². The van der Waals surface area contributed by atoms with E-state index in [1.807, 2.05) is 13.0 Å². The number of hydrogen-bond acceptors (Lipinski definition) is 5. The third-order valence-corrected chi connectivity index (χ3v) is 7.38. The number of fused-ring (bicyclic) bond motifs is 3. The standard InChI is InChI=1S/C25H24F2N4O/c1-14-23(29)31-25(30-14)21-11-20(16-7-15(13-28)8-18(26)9-16)22(27)10-17(21)12-24(25)5-3-19(32-2)4-6-24/h7-11,19H,3-6,12H2,1-2H3,(H2,29,31)/t19-,24-,25?. The van der Waals surface area contributed by atoms with Crippen molar-refractivity contribution in [3.05, 3.63) is 58.7 Å². The lowest BCUT2D eigenvalue weighted by atomic mass is 9.65. The largest absolute Gasteiger partial charge is 0.382 e. The molecule has 0 bridgehead atoms. The molecule has 1 fully saturated rings. The van der Waals surface area contributed by atoms with E-state index in [9.17, 15) is 9.65 Å². The fourth-order valence-electron chi connectivity index (χ4n) is 5.73. The molecular weight excluding hydrogens is 410 g/mol. The van der Waals surface area contributed by atoms with Gasteiger partial charge in [-0.05, 0) is 80.5 Å². The van der Waals surface area contributed by atoms with Gasteiger partial charge >= 0.3 is 0 Å². The fraction of sp³-hybridized carbons (Fsp3) is 0.400. The Morgan fingerprint density at radius 3 is 2.50 bits per heavy atom. The van der Waals surface area contributed by atoms with Crippen molar-refractivity contribution in [2.45, 2.75) is 50.8 Å². The van der Waals surface area contributed by atoms with Gasteiger partial charge in [0.1, 0.15) is 17.5 Å². The van der Waals surface area contributed by atoms with E-state index in [2.05, 4.69) is 0 Å². The molecule has 0 amide bonds. The van der Waals surface area contributed by atoms with Crippen molar-refractivity contribution in [3.8, 4) is 17.2 Å². The summed E-state index contributed by atoms with van der Waals surface area (Å²) < 4.78 is 35.0. The monoisotopic (exact) mass is 434 g/mol. The first-order chi connectivity index (χ1) is 15.3. The molecule has 164 valence electrons. The Morgan fingerprint density at radius 1 is 1.12 bits per heavy atom. The van der Waals surface area contributed by atoms with Gasteiger partial charge in [-0.3, -0.25) is 4.99 Å². The lowest BCUT2D eigenvalue weighted by molar-refractivity contribution is -0.000374. The minimum Gasteiger partial charge on any atom is -0.382 e. The highest BCUT2D eigenvalue weighted by Crippen LogP contribution is 2.62. The van der Waals surface area contributed by atoms with Gasteiger partial charge in [0.2, 0.25) is 0 Å². The van der Waals surface area contributed by atoms with Crippen LogP contribution < -0.4 is 5.73 Å². The summed E-state index contributed by atoms with van der Waals surface area (Å²) in [5.41, 5.74) is 8.01. The summed E-state index contributed by atoms with van der Waals surface area (Å²) >= 11 is 0. The Kier molecular flexibility index (Phi) is 4.68. The predicted molar refractivity (Wildman–Crippen MR) is 118 cm³/mol. The lowest BCUT2D eigenvalue weighted by Gasteiger charge is -2.44. The Bertz CT molecular complexity index is 1200. The maximum atomic E-state index is 15.3. The van der Waals surface area contributed by atoms with Gasteiger partial charge in [0.25, 0.3) is 0 Å². The summed E-state index contributed by atoms with van der Waals surface area (Å²) in [6.07, 6.45) is 4.27. The van der Waals surface area contributed by atoms with Crippen molar-refractivity contribution in [3.63, 3.8) is 0 Å². The molecule has 1 heterocycles. The van der Waals surface area contributed by atoms with Crippen LogP contribution in [0.2, 0.25) is 0 Å². The molecule has 2 aromatic rings. The van der Waals surface area contributed by atoms with Crippen LogP contribution in [-0.4, -0.2) is 24.8 Å². The van der Waals surface area contributed by atoms with Crippen molar-refractivity contribution in [2.75, 3.05) is 7.11 Å². The Hall–Kier alpha value is -3.11. The smallest absolute Gasteiger partial charge is 0.184 e. The molecule has 2 aliphatic carbocycles. The first-order valence-electron chi connectivity index (χ1n) is 10.8. The van der Waals surface area contributed by atoms with Crippen molar-refractivity contribution in [1.29, 1.82) is 5.26 Å². The van der Waals surface area contributed by atoms with Gasteiger partial charge in [-0.25, -0.2) is 13.8 Å². The number of nitrogens with two attached hydrogens (primary N) is 1. The molecule has 1 saturated carbocycles. The average molecular weight is 434 g/mol. The van der Waals surface area contributed by atoms with Gasteiger partial charge < -0.3 is 10.5 Å². The van der Waals surface area contributed by atoms with Gasteiger partial charge in [0.05, 0.1) is 23.4 Å². The van der Waals surface area contributed by atoms with E-state index >= 15 is 4.39 Å². The van der Waals surface area contributed by atoms with Crippen LogP contribution in [-0.2, 0) is 16.8 Å². The number of halogens is 2. The highest BCUT2D eigenvalue weighted by molar-refractivity contribution is 6.41. The molecule has 32 heavy (non-hydrogen) atoms. The van der Waals surface area contributed by atoms with E-state index in [1.165, 1.54) is 18.2 Å². The molecule has 1 atom stereocenters. The number of benzene rings is 2. The normalized spacial score (nSPS) is 28.5. The maximum Gasteiger partial charge on any atom is 0.184 e. The topological polar surface area (TPSA) is 83.8 Å². The fourth-order valence-corrected chi connectivity index (χ4v) is 5.73. The molecule has 1 unspecified atom stereocenters. The van der Waals surface area contributed by atoms with Crippen LogP contribution in [0.25, 0.3) is 11.1 Å². The molecule has 0 saturated heterocycles. The Balaban J connectivity index is 1.69. The van der Waals surface area contributed by atoms with Crippen molar-refractivity contribution in [1.82, 2.24) is 0 Å². The summed E-state index contributed by atoms with van der Waals surface area (Å²) in [7, 11) is 1.73. The first-order valence-corrected chi connectivity index (χ1v) is 10.8. The number of nitrogens with zero attached hydrogens (tertiary/aromatic N) is 3. The molecule has 7 heteroatoms. The predicted octanol–water partition coefficient (Wildman–Crippen LogP) is 4.62. The summed E-state index contributed by atoms with van der Waals surface area (Å²) in [4.78, 5) is 9.87. The van der Waals surface area contributed by atoms with E-state index in [0.29, 0.717) is 23.5 Å². The Labute approximate surface area is 185 Å². The summed E-state index contributed by atoms with van der Waals surface area (Å²) in [6, 6.07) is 9.06. The third-order valence-electron chi connectivity index (χ3n) is 7.38. The van der Waals surface area contributed by atoms with Crippen LogP contribution in [0.3, 0.4) is 0 Å². The van der Waals surface area contributed by atoms with Crippen molar-refractivity contribution in [2.24, 2.45) is 21.1 Å². The number of amidine groups is 1. The molecule has 1 aliphatic heterocycles. The average Bonchev–Trinajstić information content (AvgIpc) is 3.20. The molecule has 5 rings (SSSR count). The van der Waals surface area contributed by atoms with E-state index in [1.54, 1.807) is 13.2 Å². The SMILES string of the molecule is CO[C@H]1CC[C@]2(CC1)Cc1cc(F)c(-c3cc(F)cc(C#N)c3)cc1C21N=C(C)C(N)=N1. The van der Waals surface area contributed by atoms with Gasteiger partial charge in [0, 0.05) is 23.7 Å². The number of aliphatic imine (C=N–C) groups is 2. The zero-order valence-corrected chi connectivity index (χ0v) is 18.1. The number of methoxy groups -OCH3 is 1. The van der Waals surface area contributed by atoms with Crippen molar-refractivity contribution >= 4 is 11.5 Å². The highest BCUT2D eigenvalue weighted by atomic mass is 19.1. The molecule has 3 aliphatic rings. The van der Waals surface area contributed by atoms with E-state index in [0.717, 1.165) is 42.9 Å². The van der Waals surface area contributed by atoms with E-state index in [-0.39, 0.29) is 22.6 Å². The molecule has 0 aromatic heterocycles. The molecular formula is C25H24F2N4O. The molecule has 2 aromatic carbocycles. The summed E-state index contributed by atoms with van der Waals surface area (Å²) in [6.45, 7) is 1.84. The number of hydrogen-bond donors (Lipinski definition) is 1. The zero-order chi connectivity index (χ0) is 22.7. The second kappa shape index (κ2) is 7.21. The van der Waals surface area contributed by atoms with Crippen LogP contribution in [0.4, 0.5) is 8.78 Å². The van der Waals surface area contributed by atoms with E-state index < -0.39 is 17.3 Å². The van der Waals surface area contributed by atoms with Crippen molar-refractivity contribution < 1.29 is 13.5 Å². The zero-order valence-electron chi connectivity index (χ0n) is 18.1. The second-order valence-corrected chi connectivity index (χ2v) is 9.09. The minimum absolute atomic E-state index is 0.140. The highest BCUT2D eigenvalue weighted by Gasteiger charge is 2.61. The number of rotatable bonds is 2. The number of nitriles is 1. The molecule has 2 spiro atoms. The minimum atomic E-state index is -0.914. The lowest BCUT2D eigenvalue weighted by Crippen LogP contribution is -2.43.